The first-order valence-corrected chi connectivity index (χ1v) is 7.20. The zero-order valence-corrected chi connectivity index (χ0v) is 12.7. The lowest BCUT2D eigenvalue weighted by atomic mass is 10.1. The van der Waals surface area contributed by atoms with Crippen molar-refractivity contribution in [2.24, 2.45) is 0 Å². The lowest BCUT2D eigenvalue weighted by molar-refractivity contribution is -0.142. The van der Waals surface area contributed by atoms with Gasteiger partial charge < -0.3 is 10.0 Å². The van der Waals surface area contributed by atoms with Crippen molar-refractivity contribution < 1.29 is 19.1 Å². The molecule has 0 radical (unpaired) electrons. The monoisotopic (exact) mass is 364 g/mol. The number of pyridine rings is 1. The molecule has 1 aromatic carbocycles. The Balaban J connectivity index is 2.02. The fraction of sp³-hybridized carbons (Fsp3) is 0.133. The molecule has 1 amide bonds. The van der Waals surface area contributed by atoms with E-state index in [9.17, 15) is 19.1 Å². The Bertz CT molecular complexity index is 781. The van der Waals surface area contributed by atoms with Gasteiger partial charge in [-0.1, -0.05) is 12.1 Å². The number of hydrogen-bond donors (Lipinski definition) is 1. The highest BCUT2D eigenvalue weighted by Gasteiger charge is 2.37. The number of rotatable bonds is 3. The van der Waals surface area contributed by atoms with Crippen LogP contribution in [0.2, 0.25) is 0 Å². The molecule has 112 valence electrons. The molecular weight excluding hydrogens is 355 g/mol. The van der Waals surface area contributed by atoms with Gasteiger partial charge in [-0.05, 0) is 39.7 Å². The van der Waals surface area contributed by atoms with Gasteiger partial charge in [-0.2, -0.15) is 0 Å². The summed E-state index contributed by atoms with van der Waals surface area (Å²) in [6.45, 7) is 0.127. The second kappa shape index (κ2) is 5.49. The molecule has 1 unspecified atom stereocenters. The normalized spacial score (nSPS) is 14.8. The zero-order chi connectivity index (χ0) is 15.9. The number of benzene rings is 1. The van der Waals surface area contributed by atoms with Crippen LogP contribution in [0.3, 0.4) is 0 Å². The van der Waals surface area contributed by atoms with E-state index in [1.54, 1.807) is 6.07 Å². The van der Waals surface area contributed by atoms with E-state index < -0.39 is 23.7 Å². The molecule has 1 aliphatic rings. The van der Waals surface area contributed by atoms with Gasteiger partial charge in [-0.25, -0.2) is 14.2 Å². The number of carbonyl (C=O) groups is 2. The predicted octanol–water partition coefficient (Wildman–Crippen LogP) is 2.76. The topological polar surface area (TPSA) is 70.5 Å². The van der Waals surface area contributed by atoms with Crippen molar-refractivity contribution in [3.05, 3.63) is 63.6 Å². The van der Waals surface area contributed by atoms with E-state index in [0.29, 0.717) is 15.7 Å². The molecule has 0 bridgehead atoms. The summed E-state index contributed by atoms with van der Waals surface area (Å²) in [6, 6.07) is 5.59. The van der Waals surface area contributed by atoms with Gasteiger partial charge in [0.2, 0.25) is 0 Å². The van der Waals surface area contributed by atoms with Crippen LogP contribution in [0, 0.1) is 5.82 Å². The third-order valence-electron chi connectivity index (χ3n) is 3.50. The van der Waals surface area contributed by atoms with Gasteiger partial charge >= 0.3 is 5.97 Å². The summed E-state index contributed by atoms with van der Waals surface area (Å²) >= 11 is 3.18. The van der Waals surface area contributed by atoms with Crippen LogP contribution in [0.4, 0.5) is 4.39 Å². The highest BCUT2D eigenvalue weighted by Crippen LogP contribution is 2.32. The Morgan fingerprint density at radius 3 is 2.86 bits per heavy atom. The number of nitrogens with zero attached hydrogens (tertiary/aromatic N) is 2. The van der Waals surface area contributed by atoms with E-state index in [2.05, 4.69) is 20.9 Å². The molecule has 0 saturated carbocycles. The van der Waals surface area contributed by atoms with Gasteiger partial charge in [0.15, 0.2) is 6.04 Å². The number of amides is 1. The van der Waals surface area contributed by atoms with E-state index in [-0.39, 0.29) is 12.1 Å². The van der Waals surface area contributed by atoms with E-state index >= 15 is 0 Å². The zero-order valence-electron chi connectivity index (χ0n) is 11.2. The highest BCUT2D eigenvalue weighted by molar-refractivity contribution is 9.10. The molecule has 1 N–H and O–H groups in total. The number of carboxylic acid groups (broad SMARTS) is 1. The Kier molecular flexibility index (Phi) is 3.66. The average molecular weight is 365 g/mol. The van der Waals surface area contributed by atoms with Crippen LogP contribution in [-0.4, -0.2) is 26.9 Å². The van der Waals surface area contributed by atoms with Crippen LogP contribution in [0.1, 0.15) is 27.5 Å². The largest absolute Gasteiger partial charge is 0.479 e. The maximum Gasteiger partial charge on any atom is 0.331 e. The minimum atomic E-state index is -1.24. The lowest BCUT2D eigenvalue weighted by Gasteiger charge is -2.24. The molecule has 7 heteroatoms. The molecular formula is C15H10BrFN2O3. The molecule has 22 heavy (non-hydrogen) atoms. The number of hydrogen-bond acceptors (Lipinski definition) is 3. The van der Waals surface area contributed by atoms with Gasteiger partial charge in [0.05, 0.1) is 0 Å². The molecule has 2 heterocycles. The maximum atomic E-state index is 13.4. The van der Waals surface area contributed by atoms with Gasteiger partial charge in [-0.3, -0.25) is 4.79 Å². The van der Waals surface area contributed by atoms with Gasteiger partial charge in [-0.15, -0.1) is 0 Å². The molecule has 0 spiro atoms. The molecule has 1 aromatic heterocycles. The van der Waals surface area contributed by atoms with Crippen molar-refractivity contribution in [1.29, 1.82) is 0 Å². The third-order valence-corrected chi connectivity index (χ3v) is 3.93. The third kappa shape index (κ3) is 2.48. The first kappa shape index (κ1) is 14.6. The summed E-state index contributed by atoms with van der Waals surface area (Å²) in [7, 11) is 0. The second-order valence-corrected chi connectivity index (χ2v) is 5.71. The standard InChI is InChI=1S/C15H10BrFN2O3/c16-12-5-11-9(6-18-12)7-19(14(11)20)13(15(21)22)8-2-1-3-10(17)4-8/h1-6,13H,7H2,(H,21,22). The molecule has 0 aliphatic carbocycles. The Morgan fingerprint density at radius 1 is 1.41 bits per heavy atom. The fourth-order valence-corrected chi connectivity index (χ4v) is 2.87. The molecule has 1 atom stereocenters. The Morgan fingerprint density at radius 2 is 2.18 bits per heavy atom. The minimum absolute atomic E-state index is 0.127. The fourth-order valence-electron chi connectivity index (χ4n) is 2.53. The number of aliphatic carboxylic acids is 1. The second-order valence-electron chi connectivity index (χ2n) is 4.89. The summed E-state index contributed by atoms with van der Waals surface area (Å²) in [6.07, 6.45) is 1.53. The lowest BCUT2D eigenvalue weighted by Crippen LogP contribution is -2.34. The van der Waals surface area contributed by atoms with E-state index in [1.807, 2.05) is 0 Å². The van der Waals surface area contributed by atoms with Crippen LogP contribution in [0.5, 0.6) is 0 Å². The summed E-state index contributed by atoms with van der Waals surface area (Å²) < 4.78 is 13.9. The molecule has 1 aliphatic heterocycles. The van der Waals surface area contributed by atoms with Crippen molar-refractivity contribution in [2.45, 2.75) is 12.6 Å². The first-order chi connectivity index (χ1) is 10.5. The number of fused-ring (bicyclic) bond motifs is 1. The van der Waals surface area contributed by atoms with E-state index in [0.717, 1.165) is 6.07 Å². The van der Waals surface area contributed by atoms with Gasteiger partial charge in [0.1, 0.15) is 10.4 Å². The van der Waals surface area contributed by atoms with Crippen LogP contribution in [0.25, 0.3) is 0 Å². The van der Waals surface area contributed by atoms with Crippen LogP contribution in [-0.2, 0) is 11.3 Å². The summed E-state index contributed by atoms with van der Waals surface area (Å²) in [5.74, 6) is -2.16. The van der Waals surface area contributed by atoms with E-state index in [1.165, 1.54) is 29.3 Å². The van der Waals surface area contributed by atoms with Crippen LogP contribution < -0.4 is 0 Å². The Hall–Kier alpha value is -2.28. The average Bonchev–Trinajstić information content (AvgIpc) is 2.76. The Labute approximate surface area is 133 Å². The van der Waals surface area contributed by atoms with Gasteiger partial charge in [0.25, 0.3) is 5.91 Å². The molecule has 2 aromatic rings. The van der Waals surface area contributed by atoms with E-state index in [4.69, 9.17) is 0 Å². The number of carboxylic acids is 1. The minimum Gasteiger partial charge on any atom is -0.479 e. The molecule has 5 nitrogen and oxygen atoms in total. The highest BCUT2D eigenvalue weighted by atomic mass is 79.9. The van der Waals surface area contributed by atoms with Crippen molar-refractivity contribution in [3.63, 3.8) is 0 Å². The van der Waals surface area contributed by atoms with Crippen molar-refractivity contribution >= 4 is 27.8 Å². The molecule has 0 saturated heterocycles. The van der Waals surface area contributed by atoms with Gasteiger partial charge in [0, 0.05) is 23.9 Å². The summed E-state index contributed by atoms with van der Waals surface area (Å²) in [5.41, 5.74) is 1.28. The summed E-state index contributed by atoms with van der Waals surface area (Å²) in [5, 5.41) is 9.49. The van der Waals surface area contributed by atoms with Crippen molar-refractivity contribution in [3.8, 4) is 0 Å². The quantitative estimate of drug-likeness (QED) is 0.850. The maximum absolute atomic E-state index is 13.4. The summed E-state index contributed by atoms with van der Waals surface area (Å²) in [4.78, 5) is 29.3. The molecule has 3 rings (SSSR count). The number of carbonyl (C=O) groups excluding carboxylic acids is 1. The SMILES string of the molecule is O=C(O)C(c1cccc(F)c1)N1Cc2cnc(Br)cc2C1=O. The molecule has 0 fully saturated rings. The van der Waals surface area contributed by atoms with Crippen molar-refractivity contribution in [1.82, 2.24) is 9.88 Å². The van der Waals surface area contributed by atoms with Crippen LogP contribution >= 0.6 is 15.9 Å². The van der Waals surface area contributed by atoms with Crippen molar-refractivity contribution in [2.75, 3.05) is 0 Å². The van der Waals surface area contributed by atoms with Crippen LogP contribution in [0.15, 0.2) is 41.1 Å². The number of halogens is 2. The number of aromatic nitrogens is 1. The predicted molar refractivity (Wildman–Crippen MR) is 78.6 cm³/mol. The smallest absolute Gasteiger partial charge is 0.331 e. The first-order valence-electron chi connectivity index (χ1n) is 6.41.